The lowest BCUT2D eigenvalue weighted by Crippen LogP contribution is -2.67. The van der Waals surface area contributed by atoms with Crippen molar-refractivity contribution >= 4 is 24.7 Å². The molecule has 1 heterocycles. The number of fused-ring (bicyclic) bond motifs is 2. The quantitative estimate of drug-likeness (QED) is 0.275. The van der Waals surface area contributed by atoms with Crippen LogP contribution in [-0.2, 0) is 20.3 Å². The molecular formula is C34H42O5Si. The number of esters is 1. The van der Waals surface area contributed by atoms with Gasteiger partial charge in [-0.2, -0.15) is 0 Å². The first-order valence-electron chi connectivity index (χ1n) is 14.4. The molecule has 6 heteroatoms. The van der Waals surface area contributed by atoms with E-state index in [4.69, 9.17) is 18.6 Å². The number of carbonyl (C=O) groups is 1. The predicted octanol–water partition coefficient (Wildman–Crippen LogP) is 5.70. The molecule has 1 saturated carbocycles. The van der Waals surface area contributed by atoms with E-state index in [1.54, 1.807) is 7.11 Å². The van der Waals surface area contributed by atoms with Crippen LogP contribution in [0.1, 0.15) is 55.1 Å². The lowest BCUT2D eigenvalue weighted by atomic mass is 9.89. The van der Waals surface area contributed by atoms with Crippen LogP contribution in [0.15, 0.2) is 72.8 Å². The van der Waals surface area contributed by atoms with Crippen LogP contribution in [-0.4, -0.2) is 47.3 Å². The minimum Gasteiger partial charge on any atom is -0.489 e. The molecule has 5 nitrogen and oxygen atoms in total. The van der Waals surface area contributed by atoms with Crippen molar-refractivity contribution in [1.29, 1.82) is 0 Å². The Balaban J connectivity index is 1.48. The smallest absolute Gasteiger partial charge is 0.338 e. The topological polar surface area (TPSA) is 54.0 Å². The molecule has 4 atom stereocenters. The molecule has 0 saturated heterocycles. The van der Waals surface area contributed by atoms with Gasteiger partial charge in [-0.3, -0.25) is 0 Å². The summed E-state index contributed by atoms with van der Waals surface area (Å²) in [6, 6.07) is 25.5. The van der Waals surface area contributed by atoms with Crippen LogP contribution in [0.4, 0.5) is 0 Å². The molecule has 2 aliphatic rings. The van der Waals surface area contributed by atoms with Gasteiger partial charge in [0, 0.05) is 37.5 Å². The van der Waals surface area contributed by atoms with Crippen LogP contribution >= 0.6 is 0 Å². The van der Waals surface area contributed by atoms with Gasteiger partial charge in [-0.1, -0.05) is 87.5 Å². The Morgan fingerprint density at radius 3 is 2.12 bits per heavy atom. The molecule has 0 N–H and O–H groups in total. The van der Waals surface area contributed by atoms with Gasteiger partial charge < -0.3 is 18.6 Å². The maximum Gasteiger partial charge on any atom is 0.338 e. The second-order valence-electron chi connectivity index (χ2n) is 12.2. The summed E-state index contributed by atoms with van der Waals surface area (Å²) in [6.07, 6.45) is 2.73. The third-order valence-electron chi connectivity index (χ3n) is 9.09. The van der Waals surface area contributed by atoms with Crippen molar-refractivity contribution in [3.8, 4) is 5.75 Å². The third kappa shape index (κ3) is 5.02. The largest absolute Gasteiger partial charge is 0.489 e. The highest BCUT2D eigenvalue weighted by molar-refractivity contribution is 6.99. The molecule has 0 amide bonds. The standard InChI is InChI=1S/C34H42O5Si/c1-23-27(33(35)37-6)19-17-24-18-20-28-29(30(36-5)21-31(28)39-32(23)24)22-38-40(34(2,3)4,25-13-9-7-10-14-25)26-15-11-8-12-16-26/h7-17,19,28-31H,18,20-22H2,1-6H3/t28-,29-,30-,31+/m1/s1. The number of rotatable bonds is 7. The highest BCUT2D eigenvalue weighted by atomic mass is 28.4. The minimum absolute atomic E-state index is 0.00514. The molecule has 0 unspecified atom stereocenters. The van der Waals surface area contributed by atoms with E-state index in [0.29, 0.717) is 12.2 Å². The SMILES string of the molecule is COC(=O)c1ccc2c(c1C)O[C@H]1C[C@@H](OC)[C@H](CO[Si](c3ccccc3)(c3ccccc3)C(C)(C)C)[C@H]1CC2. The van der Waals surface area contributed by atoms with Crippen molar-refractivity contribution in [3.05, 3.63) is 89.5 Å². The van der Waals surface area contributed by atoms with Gasteiger partial charge in [-0.25, -0.2) is 4.79 Å². The zero-order valence-electron chi connectivity index (χ0n) is 24.6. The van der Waals surface area contributed by atoms with Gasteiger partial charge in [-0.05, 0) is 46.8 Å². The van der Waals surface area contributed by atoms with Gasteiger partial charge in [0.25, 0.3) is 8.32 Å². The molecule has 0 aromatic heterocycles. The van der Waals surface area contributed by atoms with Gasteiger partial charge in [0.05, 0.1) is 18.8 Å². The fourth-order valence-electron chi connectivity index (χ4n) is 7.06. The van der Waals surface area contributed by atoms with Crippen LogP contribution in [0.25, 0.3) is 0 Å². The van der Waals surface area contributed by atoms with Gasteiger partial charge in [0.1, 0.15) is 11.9 Å². The fourth-order valence-corrected chi connectivity index (χ4v) is 11.7. The number of aryl methyl sites for hydroxylation is 1. The van der Waals surface area contributed by atoms with E-state index in [0.717, 1.165) is 36.1 Å². The molecule has 3 aromatic carbocycles. The molecule has 0 radical (unpaired) electrons. The van der Waals surface area contributed by atoms with Crippen LogP contribution in [0.3, 0.4) is 0 Å². The molecule has 212 valence electrons. The van der Waals surface area contributed by atoms with E-state index in [9.17, 15) is 4.79 Å². The molecule has 3 aromatic rings. The maximum atomic E-state index is 12.4. The molecule has 1 aliphatic heterocycles. The summed E-state index contributed by atoms with van der Waals surface area (Å²) in [5.41, 5.74) is 2.57. The van der Waals surface area contributed by atoms with Crippen molar-refractivity contribution in [3.63, 3.8) is 0 Å². The summed E-state index contributed by atoms with van der Waals surface area (Å²) >= 11 is 0. The molecular weight excluding hydrogens is 516 g/mol. The summed E-state index contributed by atoms with van der Waals surface area (Å²) in [5, 5.41) is 2.48. The maximum absolute atomic E-state index is 12.4. The average molecular weight is 559 g/mol. The summed E-state index contributed by atoms with van der Waals surface area (Å²) in [6.45, 7) is 9.52. The van der Waals surface area contributed by atoms with Crippen molar-refractivity contribution in [2.45, 2.75) is 64.2 Å². The minimum atomic E-state index is -2.67. The van der Waals surface area contributed by atoms with Crippen molar-refractivity contribution < 1.29 is 23.4 Å². The van der Waals surface area contributed by atoms with E-state index in [1.165, 1.54) is 17.5 Å². The lowest BCUT2D eigenvalue weighted by molar-refractivity contribution is 0.0351. The fraction of sp³-hybridized carbons (Fsp3) is 0.441. The van der Waals surface area contributed by atoms with Crippen LogP contribution in [0.5, 0.6) is 5.75 Å². The molecule has 0 spiro atoms. The highest BCUT2D eigenvalue weighted by Gasteiger charge is 2.53. The van der Waals surface area contributed by atoms with Crippen LogP contribution in [0, 0.1) is 18.8 Å². The zero-order chi connectivity index (χ0) is 28.5. The first-order valence-corrected chi connectivity index (χ1v) is 16.3. The molecule has 0 bridgehead atoms. The predicted molar refractivity (Wildman–Crippen MR) is 161 cm³/mol. The normalized spacial score (nSPS) is 22.6. The Morgan fingerprint density at radius 1 is 0.950 bits per heavy atom. The average Bonchev–Trinajstić information content (AvgIpc) is 3.18. The van der Waals surface area contributed by atoms with E-state index in [-0.39, 0.29) is 35.1 Å². The summed E-state index contributed by atoms with van der Waals surface area (Å²) < 4.78 is 25.2. The summed E-state index contributed by atoms with van der Waals surface area (Å²) in [7, 11) is 0.550. The highest BCUT2D eigenvalue weighted by Crippen LogP contribution is 2.45. The Hall–Kier alpha value is -2.93. The van der Waals surface area contributed by atoms with E-state index in [1.807, 2.05) is 19.1 Å². The Morgan fingerprint density at radius 2 is 1.57 bits per heavy atom. The number of methoxy groups -OCH3 is 2. The number of ether oxygens (including phenoxy) is 3. The van der Waals surface area contributed by atoms with E-state index in [2.05, 4.69) is 81.4 Å². The number of hydrogen-bond acceptors (Lipinski definition) is 5. The first kappa shape index (κ1) is 28.6. The van der Waals surface area contributed by atoms with Gasteiger partial charge >= 0.3 is 5.97 Å². The van der Waals surface area contributed by atoms with E-state index >= 15 is 0 Å². The monoisotopic (exact) mass is 558 g/mol. The van der Waals surface area contributed by atoms with Gasteiger partial charge in [0.15, 0.2) is 0 Å². The van der Waals surface area contributed by atoms with Crippen molar-refractivity contribution in [2.24, 2.45) is 11.8 Å². The second-order valence-corrected chi connectivity index (χ2v) is 16.5. The Labute approximate surface area is 239 Å². The summed E-state index contributed by atoms with van der Waals surface area (Å²) in [5.74, 6) is 0.990. The number of carbonyl (C=O) groups excluding carboxylic acids is 1. The van der Waals surface area contributed by atoms with E-state index < -0.39 is 8.32 Å². The molecule has 5 rings (SSSR count). The second kappa shape index (κ2) is 11.5. The zero-order valence-corrected chi connectivity index (χ0v) is 25.6. The van der Waals surface area contributed by atoms with Crippen LogP contribution in [0.2, 0.25) is 5.04 Å². The van der Waals surface area contributed by atoms with Gasteiger partial charge in [-0.15, -0.1) is 0 Å². The molecule has 1 fully saturated rings. The molecule has 40 heavy (non-hydrogen) atoms. The lowest BCUT2D eigenvalue weighted by Gasteiger charge is -2.44. The molecule has 1 aliphatic carbocycles. The van der Waals surface area contributed by atoms with Gasteiger partial charge in [0.2, 0.25) is 0 Å². The number of benzene rings is 3. The third-order valence-corrected chi connectivity index (χ3v) is 14.1. The van der Waals surface area contributed by atoms with Crippen molar-refractivity contribution in [1.82, 2.24) is 0 Å². The van der Waals surface area contributed by atoms with Crippen LogP contribution < -0.4 is 15.1 Å². The van der Waals surface area contributed by atoms with Crippen molar-refractivity contribution in [2.75, 3.05) is 20.8 Å². The Bertz CT molecular complexity index is 1280. The summed E-state index contributed by atoms with van der Waals surface area (Å²) in [4.78, 5) is 12.4. The Kier molecular flexibility index (Phi) is 8.23. The number of hydrogen-bond donors (Lipinski definition) is 0. The first-order chi connectivity index (χ1) is 19.2.